The van der Waals surface area contributed by atoms with Gasteiger partial charge in [-0.2, -0.15) is 0 Å². The summed E-state index contributed by atoms with van der Waals surface area (Å²) in [7, 11) is 1.84. The van der Waals surface area contributed by atoms with Crippen LogP contribution in [0.1, 0.15) is 40.0 Å². The Kier molecular flexibility index (Phi) is 2.58. The maximum Gasteiger partial charge on any atom is 0.0624 e. The van der Waals surface area contributed by atoms with Crippen molar-refractivity contribution in [2.24, 2.45) is 11.3 Å². The molecule has 0 aromatic heterocycles. The summed E-state index contributed by atoms with van der Waals surface area (Å²) in [5.74, 6) is 0.855. The standard InChI is InChI=1S/C10H20O/c1-8-5-6-10(2,3)9(7-8)11-4/h8-9H,5-7H2,1-4H3. The predicted octanol–water partition coefficient (Wildman–Crippen LogP) is 2.85. The van der Waals surface area contributed by atoms with Crippen molar-refractivity contribution in [3.8, 4) is 0 Å². The van der Waals surface area contributed by atoms with E-state index in [4.69, 9.17) is 4.74 Å². The summed E-state index contributed by atoms with van der Waals surface area (Å²) in [5, 5.41) is 0. The van der Waals surface area contributed by atoms with Gasteiger partial charge in [0.1, 0.15) is 0 Å². The molecule has 0 amide bonds. The quantitative estimate of drug-likeness (QED) is 0.567. The minimum absolute atomic E-state index is 0.404. The Bertz CT molecular complexity index is 129. The molecular formula is C10H20O. The first kappa shape index (κ1) is 9.05. The molecular weight excluding hydrogens is 136 g/mol. The average molecular weight is 156 g/mol. The van der Waals surface area contributed by atoms with Crippen molar-refractivity contribution in [3.05, 3.63) is 0 Å². The number of hydrogen-bond acceptors (Lipinski definition) is 1. The van der Waals surface area contributed by atoms with E-state index in [9.17, 15) is 0 Å². The van der Waals surface area contributed by atoms with Crippen molar-refractivity contribution in [2.75, 3.05) is 7.11 Å². The first-order valence-corrected chi connectivity index (χ1v) is 4.59. The van der Waals surface area contributed by atoms with E-state index < -0.39 is 0 Å². The van der Waals surface area contributed by atoms with Gasteiger partial charge in [0.15, 0.2) is 0 Å². The van der Waals surface area contributed by atoms with Crippen LogP contribution in [0.3, 0.4) is 0 Å². The van der Waals surface area contributed by atoms with E-state index in [1.165, 1.54) is 19.3 Å². The molecule has 66 valence electrons. The highest BCUT2D eigenvalue weighted by atomic mass is 16.5. The summed E-state index contributed by atoms with van der Waals surface area (Å²) >= 11 is 0. The molecule has 0 radical (unpaired) electrons. The predicted molar refractivity (Wildman–Crippen MR) is 47.6 cm³/mol. The van der Waals surface area contributed by atoms with Gasteiger partial charge in [-0.3, -0.25) is 0 Å². The maximum atomic E-state index is 5.48. The molecule has 1 aliphatic carbocycles. The lowest BCUT2D eigenvalue weighted by Crippen LogP contribution is -2.36. The lowest BCUT2D eigenvalue weighted by Gasteiger charge is -2.40. The van der Waals surface area contributed by atoms with Crippen LogP contribution in [0.2, 0.25) is 0 Å². The normalized spacial score (nSPS) is 37.1. The van der Waals surface area contributed by atoms with Gasteiger partial charge < -0.3 is 4.74 Å². The van der Waals surface area contributed by atoms with Crippen molar-refractivity contribution < 1.29 is 4.74 Å². The molecule has 0 aromatic carbocycles. The number of methoxy groups -OCH3 is 1. The second kappa shape index (κ2) is 3.14. The SMILES string of the molecule is COC1CC(C)CCC1(C)C. The van der Waals surface area contributed by atoms with E-state index in [-0.39, 0.29) is 0 Å². The molecule has 0 aromatic rings. The molecule has 2 atom stereocenters. The van der Waals surface area contributed by atoms with Gasteiger partial charge in [0, 0.05) is 7.11 Å². The first-order valence-electron chi connectivity index (χ1n) is 4.59. The molecule has 0 heterocycles. The third-order valence-corrected chi connectivity index (χ3v) is 3.05. The minimum Gasteiger partial charge on any atom is -0.381 e. The molecule has 1 nitrogen and oxygen atoms in total. The van der Waals surface area contributed by atoms with Crippen LogP contribution in [0.4, 0.5) is 0 Å². The van der Waals surface area contributed by atoms with Crippen molar-refractivity contribution in [1.82, 2.24) is 0 Å². The molecule has 0 saturated heterocycles. The Balaban J connectivity index is 2.56. The number of ether oxygens (including phenoxy) is 1. The summed E-state index contributed by atoms with van der Waals surface area (Å²) in [6.07, 6.45) is 4.40. The molecule has 2 unspecified atom stereocenters. The maximum absolute atomic E-state index is 5.48. The van der Waals surface area contributed by atoms with E-state index >= 15 is 0 Å². The summed E-state index contributed by atoms with van der Waals surface area (Å²) in [6, 6.07) is 0. The third kappa shape index (κ3) is 1.96. The van der Waals surface area contributed by atoms with Crippen LogP contribution in [0, 0.1) is 11.3 Å². The van der Waals surface area contributed by atoms with E-state index in [2.05, 4.69) is 20.8 Å². The second-order valence-electron chi connectivity index (χ2n) is 4.59. The monoisotopic (exact) mass is 156 g/mol. The summed E-state index contributed by atoms with van der Waals surface area (Å²) in [4.78, 5) is 0. The van der Waals surface area contributed by atoms with Gasteiger partial charge in [-0.05, 0) is 24.2 Å². The van der Waals surface area contributed by atoms with Crippen LogP contribution in [0.25, 0.3) is 0 Å². The fourth-order valence-corrected chi connectivity index (χ4v) is 2.00. The molecule has 1 aliphatic rings. The Morgan fingerprint density at radius 1 is 1.36 bits per heavy atom. The molecule has 1 heteroatoms. The molecule has 0 bridgehead atoms. The van der Waals surface area contributed by atoms with Crippen molar-refractivity contribution in [1.29, 1.82) is 0 Å². The zero-order chi connectivity index (χ0) is 8.48. The van der Waals surface area contributed by atoms with Gasteiger partial charge in [0.05, 0.1) is 6.10 Å². The Morgan fingerprint density at radius 2 is 2.00 bits per heavy atom. The summed E-state index contributed by atoms with van der Waals surface area (Å²) in [5.41, 5.74) is 0.404. The summed E-state index contributed by atoms with van der Waals surface area (Å²) < 4.78 is 5.48. The highest BCUT2D eigenvalue weighted by Crippen LogP contribution is 2.39. The van der Waals surface area contributed by atoms with E-state index in [1.807, 2.05) is 7.11 Å². The Hall–Kier alpha value is -0.0400. The van der Waals surface area contributed by atoms with E-state index in [0.29, 0.717) is 11.5 Å². The molecule has 1 fully saturated rings. The molecule has 1 rings (SSSR count). The van der Waals surface area contributed by atoms with Crippen LogP contribution < -0.4 is 0 Å². The fourth-order valence-electron chi connectivity index (χ4n) is 2.00. The third-order valence-electron chi connectivity index (χ3n) is 3.05. The van der Waals surface area contributed by atoms with Gasteiger partial charge in [-0.25, -0.2) is 0 Å². The minimum atomic E-state index is 0.404. The van der Waals surface area contributed by atoms with E-state index in [1.54, 1.807) is 0 Å². The van der Waals surface area contributed by atoms with Crippen LogP contribution in [0.15, 0.2) is 0 Å². The lowest BCUT2D eigenvalue weighted by molar-refractivity contribution is -0.0372. The molecule has 1 saturated carbocycles. The van der Waals surface area contributed by atoms with Crippen molar-refractivity contribution in [3.63, 3.8) is 0 Å². The largest absolute Gasteiger partial charge is 0.381 e. The van der Waals surface area contributed by atoms with Gasteiger partial charge in [0.2, 0.25) is 0 Å². The van der Waals surface area contributed by atoms with Gasteiger partial charge in [-0.15, -0.1) is 0 Å². The zero-order valence-corrected chi connectivity index (χ0v) is 8.18. The van der Waals surface area contributed by atoms with Gasteiger partial charge in [0.25, 0.3) is 0 Å². The van der Waals surface area contributed by atoms with Crippen LogP contribution >= 0.6 is 0 Å². The van der Waals surface area contributed by atoms with E-state index in [0.717, 1.165) is 5.92 Å². The average Bonchev–Trinajstić information content (AvgIpc) is 1.94. The molecule has 0 N–H and O–H groups in total. The first-order chi connectivity index (χ1) is 5.06. The number of rotatable bonds is 1. The smallest absolute Gasteiger partial charge is 0.0624 e. The lowest BCUT2D eigenvalue weighted by atomic mass is 9.71. The number of hydrogen-bond donors (Lipinski definition) is 0. The second-order valence-corrected chi connectivity index (χ2v) is 4.59. The Morgan fingerprint density at radius 3 is 2.45 bits per heavy atom. The van der Waals surface area contributed by atoms with Crippen LogP contribution in [0.5, 0.6) is 0 Å². The van der Waals surface area contributed by atoms with Crippen LogP contribution in [-0.4, -0.2) is 13.2 Å². The van der Waals surface area contributed by atoms with Crippen molar-refractivity contribution in [2.45, 2.75) is 46.1 Å². The topological polar surface area (TPSA) is 9.23 Å². The van der Waals surface area contributed by atoms with Gasteiger partial charge in [-0.1, -0.05) is 27.2 Å². The zero-order valence-electron chi connectivity index (χ0n) is 8.18. The van der Waals surface area contributed by atoms with Gasteiger partial charge >= 0.3 is 0 Å². The van der Waals surface area contributed by atoms with Crippen molar-refractivity contribution >= 4 is 0 Å². The highest BCUT2D eigenvalue weighted by molar-refractivity contribution is 4.85. The molecule has 0 spiro atoms. The summed E-state index contributed by atoms with van der Waals surface area (Å²) in [6.45, 7) is 6.95. The van der Waals surface area contributed by atoms with Crippen LogP contribution in [-0.2, 0) is 4.74 Å². The highest BCUT2D eigenvalue weighted by Gasteiger charge is 2.34. The molecule has 0 aliphatic heterocycles. The molecule has 11 heavy (non-hydrogen) atoms. The Labute approximate surface area is 70.1 Å². The fraction of sp³-hybridized carbons (Fsp3) is 1.00.